The van der Waals surface area contributed by atoms with Crippen LogP contribution < -0.4 is 16.4 Å². The number of nitrogen functional groups attached to an aromatic ring is 1. The second-order valence-electron chi connectivity index (χ2n) is 8.86. The van der Waals surface area contributed by atoms with Crippen LogP contribution in [0.3, 0.4) is 0 Å². The highest BCUT2D eigenvalue weighted by molar-refractivity contribution is 7.15. The van der Waals surface area contributed by atoms with E-state index in [1.165, 1.54) is 11.9 Å². The standard InChI is InChI=1S/C29H28N6OS/c1-3-24(19-7-4-6-18(2)14-19)35-29(36)22-8-5-13-31-28(22)32-16-21-10-12-26(37-21)20-9-11-25-23(15-20)27(30)34-17-33-25/h4-15,17,24H,3,16H2,1-2H3,(H,31,32)(H,35,36)(H2,30,33,34)/t24-/m0/s1. The van der Waals surface area contributed by atoms with Gasteiger partial charge in [-0.1, -0.05) is 42.8 Å². The van der Waals surface area contributed by atoms with Gasteiger partial charge in [-0.05, 0) is 60.9 Å². The lowest BCUT2D eigenvalue weighted by Crippen LogP contribution is -2.29. The number of thiophene rings is 1. The first-order valence-electron chi connectivity index (χ1n) is 12.2. The summed E-state index contributed by atoms with van der Waals surface area (Å²) in [6, 6.07) is 21.9. The fourth-order valence-electron chi connectivity index (χ4n) is 4.30. The molecular formula is C29H28N6OS. The first-order chi connectivity index (χ1) is 18.0. The molecule has 0 saturated carbocycles. The summed E-state index contributed by atoms with van der Waals surface area (Å²) >= 11 is 1.67. The van der Waals surface area contributed by atoms with E-state index in [2.05, 4.69) is 69.8 Å². The number of hydrogen-bond acceptors (Lipinski definition) is 7. The number of anilines is 2. The summed E-state index contributed by atoms with van der Waals surface area (Å²) in [4.78, 5) is 28.3. The van der Waals surface area contributed by atoms with Gasteiger partial charge in [0.1, 0.15) is 18.0 Å². The molecule has 0 aliphatic rings. The van der Waals surface area contributed by atoms with E-state index in [9.17, 15) is 4.79 Å². The Morgan fingerprint density at radius 3 is 2.76 bits per heavy atom. The summed E-state index contributed by atoms with van der Waals surface area (Å²) in [5.74, 6) is 0.885. The highest BCUT2D eigenvalue weighted by Gasteiger charge is 2.18. The number of aryl methyl sites for hydroxylation is 1. The first-order valence-corrected chi connectivity index (χ1v) is 13.0. The van der Waals surface area contributed by atoms with E-state index in [-0.39, 0.29) is 11.9 Å². The lowest BCUT2D eigenvalue weighted by atomic mass is 10.0. The van der Waals surface area contributed by atoms with Gasteiger partial charge in [0.25, 0.3) is 5.91 Å². The van der Waals surface area contributed by atoms with Gasteiger partial charge in [-0.25, -0.2) is 15.0 Å². The first kappa shape index (κ1) is 24.4. The Balaban J connectivity index is 1.30. The number of fused-ring (bicyclic) bond motifs is 1. The number of carbonyl (C=O) groups excluding carboxylic acids is 1. The smallest absolute Gasteiger partial charge is 0.255 e. The zero-order valence-electron chi connectivity index (χ0n) is 20.7. The van der Waals surface area contributed by atoms with E-state index in [1.54, 1.807) is 29.7 Å². The highest BCUT2D eigenvalue weighted by atomic mass is 32.1. The van der Waals surface area contributed by atoms with Crippen LogP contribution in [0.4, 0.5) is 11.6 Å². The van der Waals surface area contributed by atoms with E-state index in [1.807, 2.05) is 24.3 Å². The molecule has 0 saturated heterocycles. The largest absolute Gasteiger partial charge is 0.383 e. The molecule has 0 unspecified atom stereocenters. The molecule has 5 aromatic rings. The van der Waals surface area contributed by atoms with Crippen molar-refractivity contribution >= 4 is 39.8 Å². The average Bonchev–Trinajstić information content (AvgIpc) is 3.40. The van der Waals surface area contributed by atoms with Gasteiger partial charge in [-0.2, -0.15) is 0 Å². The van der Waals surface area contributed by atoms with Crippen molar-refractivity contribution in [2.24, 2.45) is 0 Å². The summed E-state index contributed by atoms with van der Waals surface area (Å²) in [6.45, 7) is 4.68. The van der Waals surface area contributed by atoms with Crippen LogP contribution in [0.2, 0.25) is 0 Å². The van der Waals surface area contributed by atoms with Crippen molar-refractivity contribution in [3.8, 4) is 10.4 Å². The molecule has 3 heterocycles. The molecule has 7 nitrogen and oxygen atoms in total. The Bertz CT molecular complexity index is 1560. The van der Waals surface area contributed by atoms with E-state index in [4.69, 9.17) is 5.73 Å². The number of aromatic nitrogens is 3. The third-order valence-corrected chi connectivity index (χ3v) is 7.39. The van der Waals surface area contributed by atoms with Gasteiger partial charge in [0.2, 0.25) is 0 Å². The number of amides is 1. The molecule has 2 aromatic carbocycles. The highest BCUT2D eigenvalue weighted by Crippen LogP contribution is 2.31. The van der Waals surface area contributed by atoms with Crippen molar-refractivity contribution in [3.63, 3.8) is 0 Å². The minimum atomic E-state index is -0.146. The number of hydrogen-bond donors (Lipinski definition) is 3. The molecule has 37 heavy (non-hydrogen) atoms. The van der Waals surface area contributed by atoms with Gasteiger partial charge in [0.15, 0.2) is 0 Å². The Labute approximate surface area is 219 Å². The Kier molecular flexibility index (Phi) is 7.09. The monoisotopic (exact) mass is 508 g/mol. The molecule has 8 heteroatoms. The zero-order chi connectivity index (χ0) is 25.8. The number of carbonyl (C=O) groups is 1. The number of rotatable bonds is 8. The van der Waals surface area contributed by atoms with Crippen LogP contribution in [0.25, 0.3) is 21.3 Å². The summed E-state index contributed by atoms with van der Waals surface area (Å²) in [5, 5.41) is 7.37. The normalized spacial score (nSPS) is 11.8. The summed E-state index contributed by atoms with van der Waals surface area (Å²) in [6.07, 6.45) is 3.96. The van der Waals surface area contributed by atoms with Crippen molar-refractivity contribution in [1.82, 2.24) is 20.3 Å². The van der Waals surface area contributed by atoms with Crippen molar-refractivity contribution in [3.05, 3.63) is 101 Å². The molecule has 5 rings (SSSR count). The second-order valence-corrected chi connectivity index (χ2v) is 10.0. The molecule has 186 valence electrons. The number of nitrogens with two attached hydrogens (primary N) is 1. The second kappa shape index (κ2) is 10.8. The van der Waals surface area contributed by atoms with Crippen molar-refractivity contribution in [1.29, 1.82) is 0 Å². The number of nitrogens with zero attached hydrogens (tertiary/aromatic N) is 3. The third kappa shape index (κ3) is 5.44. The van der Waals surface area contributed by atoms with E-state index < -0.39 is 0 Å². The SMILES string of the molecule is CC[C@H](NC(=O)c1cccnc1NCc1ccc(-c2ccc3ncnc(N)c3c2)s1)c1cccc(C)c1. The minimum Gasteiger partial charge on any atom is -0.383 e. The van der Waals surface area contributed by atoms with Gasteiger partial charge < -0.3 is 16.4 Å². The summed E-state index contributed by atoms with van der Waals surface area (Å²) in [7, 11) is 0. The Morgan fingerprint density at radius 1 is 1.03 bits per heavy atom. The lowest BCUT2D eigenvalue weighted by Gasteiger charge is -2.19. The average molecular weight is 509 g/mol. The zero-order valence-corrected chi connectivity index (χ0v) is 21.5. The van der Waals surface area contributed by atoms with Gasteiger partial charge in [-0.15, -0.1) is 11.3 Å². The predicted octanol–water partition coefficient (Wildman–Crippen LogP) is 6.14. The molecule has 0 fully saturated rings. The van der Waals surface area contributed by atoms with Crippen LogP contribution >= 0.6 is 11.3 Å². The molecule has 1 atom stereocenters. The summed E-state index contributed by atoms with van der Waals surface area (Å²) < 4.78 is 0. The molecule has 0 spiro atoms. The number of nitrogens with one attached hydrogen (secondary N) is 2. The third-order valence-electron chi connectivity index (χ3n) is 6.25. The van der Waals surface area contributed by atoms with Crippen LogP contribution in [0.5, 0.6) is 0 Å². The van der Waals surface area contributed by atoms with E-state index >= 15 is 0 Å². The molecule has 0 aliphatic heterocycles. The van der Waals surface area contributed by atoms with Gasteiger partial charge in [0.05, 0.1) is 23.7 Å². The fourth-order valence-corrected chi connectivity index (χ4v) is 5.25. The van der Waals surface area contributed by atoms with Gasteiger partial charge in [0, 0.05) is 21.3 Å². The van der Waals surface area contributed by atoms with Gasteiger partial charge in [-0.3, -0.25) is 4.79 Å². The van der Waals surface area contributed by atoms with Crippen LogP contribution in [0.15, 0.2) is 79.3 Å². The molecule has 0 bridgehead atoms. The van der Waals surface area contributed by atoms with Crippen molar-refractivity contribution in [2.45, 2.75) is 32.9 Å². The minimum absolute atomic E-state index is 0.0679. The Morgan fingerprint density at radius 2 is 1.92 bits per heavy atom. The molecule has 0 aliphatic carbocycles. The van der Waals surface area contributed by atoms with E-state index in [0.717, 1.165) is 38.2 Å². The van der Waals surface area contributed by atoms with E-state index in [0.29, 0.717) is 23.7 Å². The predicted molar refractivity (Wildman–Crippen MR) is 151 cm³/mol. The molecule has 4 N–H and O–H groups in total. The maximum Gasteiger partial charge on any atom is 0.255 e. The number of benzene rings is 2. The topological polar surface area (TPSA) is 106 Å². The quantitative estimate of drug-likeness (QED) is 0.233. The fraction of sp³-hybridized carbons (Fsp3) is 0.172. The maximum absolute atomic E-state index is 13.2. The van der Waals surface area contributed by atoms with Crippen molar-refractivity contribution in [2.75, 3.05) is 11.1 Å². The molecule has 0 radical (unpaired) electrons. The molecule has 3 aromatic heterocycles. The maximum atomic E-state index is 13.2. The van der Waals surface area contributed by atoms with Crippen molar-refractivity contribution < 1.29 is 4.79 Å². The Hall–Kier alpha value is -4.30. The lowest BCUT2D eigenvalue weighted by molar-refractivity contribution is 0.0936. The summed E-state index contributed by atoms with van der Waals surface area (Å²) in [5.41, 5.74) is 10.7. The molecule has 1 amide bonds. The van der Waals surface area contributed by atoms with Gasteiger partial charge >= 0.3 is 0 Å². The molecular weight excluding hydrogens is 480 g/mol. The van der Waals surface area contributed by atoms with Crippen LogP contribution in [0.1, 0.15) is 45.7 Å². The van der Waals surface area contributed by atoms with Crippen LogP contribution in [-0.4, -0.2) is 20.9 Å². The van der Waals surface area contributed by atoms with Crippen LogP contribution in [-0.2, 0) is 6.54 Å². The number of pyridine rings is 1. The van der Waals surface area contributed by atoms with Crippen LogP contribution in [0, 0.1) is 6.92 Å².